The van der Waals surface area contributed by atoms with Gasteiger partial charge >= 0.3 is 0 Å². The summed E-state index contributed by atoms with van der Waals surface area (Å²) >= 11 is 7.24. The molecular formula is C28H32N2O3S2. The third kappa shape index (κ3) is 4.25. The number of aromatic amines is 1. The molecule has 4 bridgehead atoms. The zero-order valence-electron chi connectivity index (χ0n) is 20.0. The molecule has 1 amide bonds. The lowest BCUT2D eigenvalue weighted by Crippen LogP contribution is -2.57. The molecule has 1 aromatic carbocycles. The van der Waals surface area contributed by atoms with Crippen molar-refractivity contribution in [3.05, 3.63) is 46.5 Å². The number of carbonyl (C=O) groups is 1. The Kier molecular flexibility index (Phi) is 6.27. The van der Waals surface area contributed by atoms with Crippen molar-refractivity contribution in [2.24, 2.45) is 23.7 Å². The van der Waals surface area contributed by atoms with E-state index < -0.39 is 0 Å². The number of benzene rings is 1. The SMILES string of the molecule is COc1cccc(-c2cc(CCCO)c(C=C3SC(=S)N(C4C5CC6CC(C5)CC4C6)C3=O)[nH]2)c1. The molecule has 0 spiro atoms. The molecule has 4 aliphatic carbocycles. The number of rotatable bonds is 7. The van der Waals surface area contributed by atoms with E-state index in [-0.39, 0.29) is 18.6 Å². The molecule has 7 heteroatoms. The van der Waals surface area contributed by atoms with E-state index in [1.165, 1.54) is 43.9 Å². The average molecular weight is 509 g/mol. The third-order valence-electron chi connectivity index (χ3n) is 8.49. The molecule has 35 heavy (non-hydrogen) atoms. The van der Waals surface area contributed by atoms with Crippen LogP contribution in [0.3, 0.4) is 0 Å². The van der Waals surface area contributed by atoms with Crippen molar-refractivity contribution in [2.45, 2.75) is 51.0 Å². The van der Waals surface area contributed by atoms with E-state index in [9.17, 15) is 9.90 Å². The van der Waals surface area contributed by atoms with E-state index >= 15 is 0 Å². The highest BCUT2D eigenvalue weighted by atomic mass is 32.2. The molecule has 7 rings (SSSR count). The lowest BCUT2D eigenvalue weighted by Gasteiger charge is -2.56. The van der Waals surface area contributed by atoms with Crippen molar-refractivity contribution in [3.63, 3.8) is 0 Å². The Morgan fingerprint density at radius 1 is 1.17 bits per heavy atom. The second-order valence-electron chi connectivity index (χ2n) is 10.7. The Hall–Kier alpha value is -2.09. The van der Waals surface area contributed by atoms with Gasteiger partial charge in [0, 0.05) is 29.6 Å². The first-order chi connectivity index (χ1) is 17.0. The van der Waals surface area contributed by atoms with Crippen molar-refractivity contribution in [2.75, 3.05) is 13.7 Å². The maximum absolute atomic E-state index is 13.7. The van der Waals surface area contributed by atoms with Gasteiger partial charge in [0.15, 0.2) is 0 Å². The first kappa shape index (κ1) is 23.3. The highest BCUT2D eigenvalue weighted by Gasteiger charge is 2.53. The van der Waals surface area contributed by atoms with Crippen LogP contribution in [0, 0.1) is 23.7 Å². The Balaban J connectivity index is 1.30. The number of aryl methyl sites for hydroxylation is 1. The number of nitrogens with one attached hydrogen (secondary N) is 1. The first-order valence-corrected chi connectivity index (χ1v) is 14.0. The lowest BCUT2D eigenvalue weighted by molar-refractivity contribution is -0.130. The topological polar surface area (TPSA) is 65.6 Å². The van der Waals surface area contributed by atoms with Crippen LogP contribution in [-0.4, -0.2) is 45.0 Å². The number of thiocarbonyl (C=S) groups is 1. The molecule has 2 aromatic rings. The van der Waals surface area contributed by atoms with Crippen LogP contribution >= 0.6 is 24.0 Å². The van der Waals surface area contributed by atoms with Gasteiger partial charge in [0.25, 0.3) is 5.91 Å². The summed E-state index contributed by atoms with van der Waals surface area (Å²) in [5.41, 5.74) is 4.01. The van der Waals surface area contributed by atoms with Crippen LogP contribution in [0.4, 0.5) is 0 Å². The van der Waals surface area contributed by atoms with Crippen LogP contribution in [0.25, 0.3) is 17.3 Å². The fourth-order valence-electron chi connectivity index (χ4n) is 7.25. The van der Waals surface area contributed by atoms with Gasteiger partial charge in [-0.3, -0.25) is 9.69 Å². The lowest BCUT2D eigenvalue weighted by atomic mass is 9.54. The minimum absolute atomic E-state index is 0.0723. The predicted molar refractivity (Wildman–Crippen MR) is 144 cm³/mol. The number of hydrogen-bond acceptors (Lipinski definition) is 5. The monoisotopic (exact) mass is 508 g/mol. The maximum atomic E-state index is 13.7. The average Bonchev–Trinajstić information content (AvgIpc) is 3.38. The first-order valence-electron chi connectivity index (χ1n) is 12.8. The fraction of sp³-hybridized carbons (Fsp3) is 0.500. The minimum atomic E-state index is 0.0723. The molecule has 0 unspecified atom stereocenters. The summed E-state index contributed by atoms with van der Waals surface area (Å²) in [5, 5.41) is 9.43. The molecule has 1 aromatic heterocycles. The van der Waals surface area contributed by atoms with Gasteiger partial charge in [0.1, 0.15) is 10.1 Å². The van der Waals surface area contributed by atoms with E-state index in [0.29, 0.717) is 23.2 Å². The van der Waals surface area contributed by atoms with Gasteiger partial charge in [-0.15, -0.1) is 0 Å². The summed E-state index contributed by atoms with van der Waals surface area (Å²) in [6, 6.07) is 10.3. The number of amides is 1. The maximum Gasteiger partial charge on any atom is 0.266 e. The number of methoxy groups -OCH3 is 1. The molecule has 184 valence electrons. The molecule has 0 atom stereocenters. The Morgan fingerprint density at radius 3 is 2.60 bits per heavy atom. The van der Waals surface area contributed by atoms with Gasteiger partial charge in [0.2, 0.25) is 0 Å². The van der Waals surface area contributed by atoms with Gasteiger partial charge in [-0.2, -0.15) is 0 Å². The largest absolute Gasteiger partial charge is 0.497 e. The summed E-state index contributed by atoms with van der Waals surface area (Å²) in [5.74, 6) is 3.82. The Morgan fingerprint density at radius 2 is 1.91 bits per heavy atom. The van der Waals surface area contributed by atoms with Crippen LogP contribution in [0.5, 0.6) is 5.75 Å². The number of carbonyl (C=O) groups excluding carboxylic acids is 1. The number of thioether (sulfide) groups is 1. The van der Waals surface area contributed by atoms with Crippen LogP contribution in [0.15, 0.2) is 35.2 Å². The molecular weight excluding hydrogens is 476 g/mol. The summed E-state index contributed by atoms with van der Waals surface area (Å²) in [6.45, 7) is 0.133. The van der Waals surface area contributed by atoms with E-state index in [2.05, 4.69) is 11.1 Å². The zero-order valence-corrected chi connectivity index (χ0v) is 21.7. The number of H-pyrrole nitrogens is 1. The highest BCUT2D eigenvalue weighted by molar-refractivity contribution is 8.26. The van der Waals surface area contributed by atoms with Crippen LogP contribution in [0.1, 0.15) is 49.8 Å². The van der Waals surface area contributed by atoms with Crippen molar-refractivity contribution in [1.82, 2.24) is 9.88 Å². The number of nitrogens with zero attached hydrogens (tertiary/aromatic N) is 1. The molecule has 2 heterocycles. The number of aromatic nitrogens is 1. The van der Waals surface area contributed by atoms with Crippen molar-refractivity contribution in [1.29, 1.82) is 0 Å². The van der Waals surface area contributed by atoms with Gasteiger partial charge in [-0.05, 0) is 98.5 Å². The number of hydrogen-bond donors (Lipinski definition) is 2. The number of aliphatic hydroxyl groups is 1. The standard InChI is InChI=1S/C28H32N2O3S2/c1-33-22-6-2-4-18(13-22)23-14-19(5-3-7-31)24(29-23)15-25-27(32)30(28(34)35-25)26-20-9-16-8-17(11-20)12-21(26)10-16/h2,4,6,13-17,20-21,26,29,31H,3,5,7-12H2,1H3. The van der Waals surface area contributed by atoms with Gasteiger partial charge in [0.05, 0.1) is 12.0 Å². The number of aliphatic hydroxyl groups excluding tert-OH is 1. The van der Waals surface area contributed by atoms with Gasteiger partial charge < -0.3 is 14.8 Å². The van der Waals surface area contributed by atoms with Crippen molar-refractivity contribution >= 4 is 40.3 Å². The van der Waals surface area contributed by atoms with E-state index in [1.54, 1.807) is 7.11 Å². The molecule has 4 saturated carbocycles. The molecule has 1 saturated heterocycles. The molecule has 2 N–H and O–H groups in total. The summed E-state index contributed by atoms with van der Waals surface area (Å²) in [7, 11) is 1.66. The van der Waals surface area contributed by atoms with Gasteiger partial charge in [-0.1, -0.05) is 36.1 Å². The summed E-state index contributed by atoms with van der Waals surface area (Å²) in [6.07, 6.45) is 9.84. The smallest absolute Gasteiger partial charge is 0.266 e. The molecule has 0 radical (unpaired) electrons. The summed E-state index contributed by atoms with van der Waals surface area (Å²) < 4.78 is 6.11. The second-order valence-corrected chi connectivity index (χ2v) is 12.3. The van der Waals surface area contributed by atoms with Crippen molar-refractivity contribution < 1.29 is 14.6 Å². The van der Waals surface area contributed by atoms with Crippen LogP contribution in [0.2, 0.25) is 0 Å². The highest BCUT2D eigenvalue weighted by Crippen LogP contribution is 2.56. The van der Waals surface area contributed by atoms with E-state index in [4.69, 9.17) is 17.0 Å². The fourth-order valence-corrected chi connectivity index (χ4v) is 8.58. The molecule has 5 fully saturated rings. The van der Waals surface area contributed by atoms with E-state index in [1.807, 2.05) is 35.2 Å². The van der Waals surface area contributed by atoms with Crippen LogP contribution in [-0.2, 0) is 11.2 Å². The summed E-state index contributed by atoms with van der Waals surface area (Å²) in [4.78, 5) is 19.9. The molecule has 5 aliphatic rings. The Bertz CT molecular complexity index is 1160. The normalized spacial score (nSPS) is 30.6. The van der Waals surface area contributed by atoms with Crippen molar-refractivity contribution in [3.8, 4) is 17.0 Å². The minimum Gasteiger partial charge on any atom is -0.497 e. The van der Waals surface area contributed by atoms with Gasteiger partial charge in [-0.25, -0.2) is 0 Å². The molecule has 1 aliphatic heterocycles. The number of ether oxygens (including phenoxy) is 1. The van der Waals surface area contributed by atoms with Crippen LogP contribution < -0.4 is 4.74 Å². The zero-order chi connectivity index (χ0) is 24.1. The second kappa shape index (κ2) is 9.41. The quantitative estimate of drug-likeness (QED) is 0.374. The van der Waals surface area contributed by atoms with E-state index in [0.717, 1.165) is 50.8 Å². The predicted octanol–water partition coefficient (Wildman–Crippen LogP) is 5.64. The molecule has 5 nitrogen and oxygen atoms in total. The third-order valence-corrected chi connectivity index (χ3v) is 9.82. The Labute approximate surface area is 216 Å².